The molecule has 1 aromatic carbocycles. The summed E-state index contributed by atoms with van der Waals surface area (Å²) in [5, 5.41) is 0. The molecule has 0 aliphatic carbocycles. The molecule has 0 N–H and O–H groups in total. The third-order valence-electron chi connectivity index (χ3n) is 2.44. The summed E-state index contributed by atoms with van der Waals surface area (Å²) in [7, 11) is 0. The van der Waals surface area contributed by atoms with Gasteiger partial charge in [0.05, 0.1) is 0 Å². The monoisotopic (exact) mass is 190 g/mol. The van der Waals surface area contributed by atoms with Crippen molar-refractivity contribution in [3.63, 3.8) is 0 Å². The van der Waals surface area contributed by atoms with Crippen LogP contribution in [0, 0.1) is 5.92 Å². The van der Waals surface area contributed by atoms with E-state index in [9.17, 15) is 0 Å². The maximum absolute atomic E-state index is 2.35. The third-order valence-corrected chi connectivity index (χ3v) is 2.44. The molecule has 0 heterocycles. The number of benzene rings is 1. The van der Waals surface area contributed by atoms with Crippen molar-refractivity contribution in [2.24, 2.45) is 5.92 Å². The molecule has 1 aromatic rings. The average Bonchev–Trinajstić information content (AvgIpc) is 2.01. The topological polar surface area (TPSA) is 0 Å². The fourth-order valence-corrected chi connectivity index (χ4v) is 1.64. The summed E-state index contributed by atoms with van der Waals surface area (Å²) in [4.78, 5) is 0. The van der Waals surface area contributed by atoms with E-state index in [1.54, 1.807) is 0 Å². The molecule has 1 rings (SSSR count). The molecule has 0 bridgehead atoms. The molecule has 0 amide bonds. The maximum Gasteiger partial charge on any atom is -0.0132 e. The lowest BCUT2D eigenvalue weighted by atomic mass is 9.85. The quantitative estimate of drug-likeness (QED) is 0.656. The fourth-order valence-electron chi connectivity index (χ4n) is 1.64. The second-order valence-electron chi connectivity index (χ2n) is 5.55. The normalized spacial score (nSPS) is 12.1. The van der Waals surface area contributed by atoms with E-state index >= 15 is 0 Å². The predicted molar refractivity (Wildman–Crippen MR) is 63.7 cm³/mol. The molecule has 0 fully saturated rings. The van der Waals surface area contributed by atoms with Crippen LogP contribution in [0.3, 0.4) is 0 Å². The summed E-state index contributed by atoms with van der Waals surface area (Å²) in [6, 6.07) is 8.98. The molecule has 0 spiro atoms. The Bertz CT molecular complexity index is 289. The molecular formula is C14H22. The van der Waals surface area contributed by atoms with Gasteiger partial charge in [-0.2, -0.15) is 0 Å². The average molecular weight is 190 g/mol. The zero-order chi connectivity index (χ0) is 10.8. The zero-order valence-electron chi connectivity index (χ0n) is 10.1. The summed E-state index contributed by atoms with van der Waals surface area (Å²) >= 11 is 0. The van der Waals surface area contributed by atoms with Gasteiger partial charge in [0.15, 0.2) is 0 Å². The van der Waals surface area contributed by atoms with Crippen LogP contribution in [0.1, 0.15) is 45.7 Å². The van der Waals surface area contributed by atoms with Crippen molar-refractivity contribution in [1.29, 1.82) is 0 Å². The highest BCUT2D eigenvalue weighted by molar-refractivity contribution is 5.28. The van der Waals surface area contributed by atoms with Crippen LogP contribution in [0.5, 0.6) is 0 Å². The third kappa shape index (κ3) is 3.17. The van der Waals surface area contributed by atoms with Gasteiger partial charge in [0.2, 0.25) is 0 Å². The van der Waals surface area contributed by atoms with Crippen LogP contribution in [0.2, 0.25) is 0 Å². The van der Waals surface area contributed by atoms with Crippen molar-refractivity contribution < 1.29 is 0 Å². The first-order valence-corrected chi connectivity index (χ1v) is 5.49. The van der Waals surface area contributed by atoms with Gasteiger partial charge in [0, 0.05) is 0 Å². The van der Waals surface area contributed by atoms with E-state index in [0.29, 0.717) is 0 Å². The summed E-state index contributed by atoms with van der Waals surface area (Å²) in [6.07, 6.45) is 1.18. The van der Waals surface area contributed by atoms with Crippen LogP contribution in [0.25, 0.3) is 0 Å². The van der Waals surface area contributed by atoms with Gasteiger partial charge in [-0.25, -0.2) is 0 Å². The Balaban J connectivity index is 2.90. The summed E-state index contributed by atoms with van der Waals surface area (Å²) in [5.41, 5.74) is 3.18. The molecule has 0 aliphatic heterocycles. The van der Waals surface area contributed by atoms with E-state index in [1.165, 1.54) is 17.5 Å². The molecule has 0 radical (unpaired) electrons. The molecule has 0 aromatic heterocycles. The SMILES string of the molecule is CC(C)Cc1cccc(C(C)(C)C)c1. The molecule has 78 valence electrons. The fraction of sp³-hybridized carbons (Fsp3) is 0.571. The van der Waals surface area contributed by atoms with Gasteiger partial charge in [0.1, 0.15) is 0 Å². The molecule has 0 saturated carbocycles. The van der Waals surface area contributed by atoms with E-state index in [4.69, 9.17) is 0 Å². The first kappa shape index (κ1) is 11.3. The zero-order valence-corrected chi connectivity index (χ0v) is 10.1. The van der Waals surface area contributed by atoms with Gasteiger partial charge in [-0.05, 0) is 28.9 Å². The second-order valence-corrected chi connectivity index (χ2v) is 5.55. The highest BCUT2D eigenvalue weighted by Gasteiger charge is 2.13. The summed E-state index contributed by atoms with van der Waals surface area (Å²) < 4.78 is 0. The predicted octanol–water partition coefficient (Wildman–Crippen LogP) is 4.18. The van der Waals surface area contributed by atoms with Crippen LogP contribution >= 0.6 is 0 Å². The molecule has 0 saturated heterocycles. The molecular weight excluding hydrogens is 168 g/mol. The van der Waals surface area contributed by atoms with E-state index in [-0.39, 0.29) is 5.41 Å². The summed E-state index contributed by atoms with van der Waals surface area (Å²) in [6.45, 7) is 11.3. The highest BCUT2D eigenvalue weighted by atomic mass is 14.2. The van der Waals surface area contributed by atoms with Crippen LogP contribution in [-0.2, 0) is 11.8 Å². The Hall–Kier alpha value is -0.780. The van der Waals surface area contributed by atoms with E-state index < -0.39 is 0 Å². The van der Waals surface area contributed by atoms with Gasteiger partial charge in [-0.15, -0.1) is 0 Å². The van der Waals surface area contributed by atoms with Gasteiger partial charge in [0.25, 0.3) is 0 Å². The van der Waals surface area contributed by atoms with Gasteiger partial charge in [-0.1, -0.05) is 58.9 Å². The van der Waals surface area contributed by atoms with Crippen molar-refractivity contribution in [3.05, 3.63) is 35.4 Å². The number of rotatable bonds is 2. The lowest BCUT2D eigenvalue weighted by Gasteiger charge is -2.20. The lowest BCUT2D eigenvalue weighted by molar-refractivity contribution is 0.586. The van der Waals surface area contributed by atoms with Gasteiger partial charge in [-0.3, -0.25) is 0 Å². The van der Waals surface area contributed by atoms with Crippen molar-refractivity contribution in [1.82, 2.24) is 0 Å². The van der Waals surface area contributed by atoms with Crippen molar-refractivity contribution >= 4 is 0 Å². The second kappa shape index (κ2) is 4.16. The summed E-state index contributed by atoms with van der Waals surface area (Å²) in [5.74, 6) is 0.741. The molecule has 0 heteroatoms. The van der Waals surface area contributed by atoms with Gasteiger partial charge < -0.3 is 0 Å². The molecule has 0 nitrogen and oxygen atoms in total. The van der Waals surface area contributed by atoms with E-state index in [1.807, 2.05) is 0 Å². The first-order valence-electron chi connectivity index (χ1n) is 5.49. The Labute approximate surface area is 88.4 Å². The molecule has 0 atom stereocenters. The lowest BCUT2D eigenvalue weighted by Crippen LogP contribution is -2.11. The Morgan fingerprint density at radius 1 is 1.14 bits per heavy atom. The minimum atomic E-state index is 0.271. The number of hydrogen-bond acceptors (Lipinski definition) is 0. The van der Waals surface area contributed by atoms with E-state index in [2.05, 4.69) is 58.9 Å². The first-order chi connectivity index (χ1) is 6.39. The minimum Gasteiger partial charge on any atom is -0.0625 e. The van der Waals surface area contributed by atoms with E-state index in [0.717, 1.165) is 5.92 Å². The molecule has 0 aliphatic rings. The maximum atomic E-state index is 2.35. The Morgan fingerprint density at radius 2 is 1.79 bits per heavy atom. The van der Waals surface area contributed by atoms with Crippen LogP contribution in [-0.4, -0.2) is 0 Å². The van der Waals surface area contributed by atoms with Crippen molar-refractivity contribution in [2.75, 3.05) is 0 Å². The highest BCUT2D eigenvalue weighted by Crippen LogP contribution is 2.23. The van der Waals surface area contributed by atoms with Crippen molar-refractivity contribution in [3.8, 4) is 0 Å². The Morgan fingerprint density at radius 3 is 2.29 bits per heavy atom. The standard InChI is InChI=1S/C14H22/c1-11(2)9-12-7-6-8-13(10-12)14(3,4)5/h6-8,10-11H,9H2,1-5H3. The van der Waals surface area contributed by atoms with Crippen molar-refractivity contribution in [2.45, 2.75) is 46.5 Å². The van der Waals surface area contributed by atoms with Gasteiger partial charge >= 0.3 is 0 Å². The largest absolute Gasteiger partial charge is 0.0625 e. The van der Waals surface area contributed by atoms with Crippen LogP contribution < -0.4 is 0 Å². The molecule has 14 heavy (non-hydrogen) atoms. The smallest absolute Gasteiger partial charge is 0.0132 e. The Kier molecular flexibility index (Phi) is 3.36. The molecule has 0 unspecified atom stereocenters. The minimum absolute atomic E-state index is 0.271. The van der Waals surface area contributed by atoms with Crippen LogP contribution in [0.4, 0.5) is 0 Å². The number of hydrogen-bond donors (Lipinski definition) is 0. The van der Waals surface area contributed by atoms with Crippen LogP contribution in [0.15, 0.2) is 24.3 Å².